The molecule has 0 saturated heterocycles. The van der Waals surface area contributed by atoms with Crippen LogP contribution in [0.25, 0.3) is 0 Å². The maximum Gasteiger partial charge on any atom is 0.237 e. The van der Waals surface area contributed by atoms with Crippen molar-refractivity contribution in [3.05, 3.63) is 42.0 Å². The summed E-state index contributed by atoms with van der Waals surface area (Å²) >= 11 is 0. The fraction of sp³-hybridized carbons (Fsp3) is 0.267. The first-order valence-corrected chi connectivity index (χ1v) is 6.94. The number of carbonyl (C=O) groups excluding carboxylic acids is 2. The predicted molar refractivity (Wildman–Crippen MR) is 85.0 cm³/mol. The van der Waals surface area contributed by atoms with Crippen LogP contribution >= 0.6 is 9.24 Å². The van der Waals surface area contributed by atoms with Gasteiger partial charge in [-0.05, 0) is 11.4 Å². The van der Waals surface area contributed by atoms with Gasteiger partial charge in [-0.2, -0.15) is 6.08 Å². The van der Waals surface area contributed by atoms with Crippen molar-refractivity contribution in [1.82, 2.24) is 0 Å². The molecule has 0 aromatic heterocycles. The molecule has 23 heavy (non-hydrogen) atoms. The van der Waals surface area contributed by atoms with Crippen LogP contribution in [0.3, 0.4) is 0 Å². The van der Waals surface area contributed by atoms with E-state index in [2.05, 4.69) is 23.7 Å². The Balaban J connectivity index is 0.000000412. The average molecular weight is 429 g/mol. The Morgan fingerprint density at radius 1 is 1.30 bits per heavy atom. The van der Waals surface area contributed by atoms with Gasteiger partial charge in [-0.15, -0.1) is 15.3 Å². The first kappa shape index (κ1) is 21.5. The van der Waals surface area contributed by atoms with Gasteiger partial charge in [0.2, 0.25) is 11.9 Å². The van der Waals surface area contributed by atoms with E-state index in [1.54, 1.807) is 0 Å². The maximum absolute atomic E-state index is 10.3. The van der Waals surface area contributed by atoms with Gasteiger partial charge in [-0.25, -0.2) is 4.99 Å². The summed E-state index contributed by atoms with van der Waals surface area (Å²) in [7, 11) is 5.08. The summed E-state index contributed by atoms with van der Waals surface area (Å²) in [6.45, 7) is 1.50. The van der Waals surface area contributed by atoms with Crippen LogP contribution in [-0.4, -0.2) is 45.2 Å². The zero-order valence-corrected chi connectivity index (χ0v) is 15.4. The van der Waals surface area contributed by atoms with Crippen LogP contribution in [0.15, 0.2) is 35.3 Å². The molecule has 1 atom stereocenters. The zero-order valence-electron chi connectivity index (χ0n) is 12.7. The van der Waals surface area contributed by atoms with E-state index in [0.717, 1.165) is 29.4 Å². The molecule has 0 fully saturated rings. The van der Waals surface area contributed by atoms with E-state index >= 15 is 0 Å². The van der Waals surface area contributed by atoms with Gasteiger partial charge < -0.3 is 19.0 Å². The number of rotatable bonds is 3. The summed E-state index contributed by atoms with van der Waals surface area (Å²) in [5.41, 5.74) is 1.08. The Kier molecular flexibility index (Phi) is 11.2. The molecule has 0 radical (unpaired) electrons. The third kappa shape index (κ3) is 8.04. The minimum atomic E-state index is -0.703. The predicted octanol–water partition coefficient (Wildman–Crippen LogP) is 0.653. The van der Waals surface area contributed by atoms with Crippen molar-refractivity contribution in [3.63, 3.8) is 0 Å². The first-order chi connectivity index (χ1) is 10.6. The topological polar surface area (TPSA) is 74.2 Å². The number of benzene rings is 1. The van der Waals surface area contributed by atoms with Gasteiger partial charge in [0.25, 0.3) is 0 Å². The number of esters is 2. The summed E-state index contributed by atoms with van der Waals surface area (Å²) in [5, 5.41) is 1.14. The van der Waals surface area contributed by atoms with Gasteiger partial charge >= 0.3 is 0 Å². The third-order valence-electron chi connectivity index (χ3n) is 2.47. The van der Waals surface area contributed by atoms with Crippen molar-refractivity contribution in [3.8, 4) is 0 Å². The second kappa shape index (κ2) is 12.0. The number of methoxy groups -OCH3 is 2. The molecule has 1 aromatic carbocycles. The Hall–Kier alpha value is -1.54. The molecular weight excluding hydrogens is 412 g/mol. The number of hydrogen-bond acceptors (Lipinski definition) is 6. The smallest absolute Gasteiger partial charge is 0.237 e. The Morgan fingerprint density at radius 3 is 2.52 bits per heavy atom. The minimum absolute atomic E-state index is 0. The molecular formula is C15H17NO5PPd-. The van der Waals surface area contributed by atoms with Crippen molar-refractivity contribution < 1.29 is 44.2 Å². The van der Waals surface area contributed by atoms with E-state index in [1.807, 2.05) is 30.3 Å². The van der Waals surface area contributed by atoms with Gasteiger partial charge in [0.05, 0.1) is 20.8 Å². The molecule has 0 amide bonds. The summed E-state index contributed by atoms with van der Waals surface area (Å²) in [6, 6.07) is 8.05. The number of ether oxygens (including phenoxy) is 3. The van der Waals surface area contributed by atoms with Crippen molar-refractivity contribution in [2.75, 3.05) is 27.4 Å². The monoisotopic (exact) mass is 428 g/mol. The van der Waals surface area contributed by atoms with E-state index in [1.165, 1.54) is 14.2 Å². The molecule has 2 rings (SSSR count). The molecule has 1 aliphatic heterocycles. The molecule has 1 aliphatic rings. The summed E-state index contributed by atoms with van der Waals surface area (Å²) in [6.07, 6.45) is 2.89. The normalized spacial score (nSPS) is 12.2. The van der Waals surface area contributed by atoms with Crippen molar-refractivity contribution in [1.29, 1.82) is 0 Å². The number of nitrogens with zero attached hydrogens (tertiary/aromatic N) is 1. The van der Waals surface area contributed by atoms with Crippen LogP contribution in [0.2, 0.25) is 0 Å². The first-order valence-electron chi connectivity index (χ1n) is 6.36. The van der Waals surface area contributed by atoms with E-state index in [9.17, 15) is 9.59 Å². The average Bonchev–Trinajstić information content (AvgIpc) is 3.07. The molecule has 1 unspecified atom stereocenters. The van der Waals surface area contributed by atoms with E-state index in [4.69, 9.17) is 4.74 Å². The van der Waals surface area contributed by atoms with Gasteiger partial charge in [0, 0.05) is 26.0 Å². The summed E-state index contributed by atoms with van der Waals surface area (Å²) in [4.78, 5) is 24.8. The number of carbonyl (C=O) groups is 2. The van der Waals surface area contributed by atoms with E-state index in [-0.39, 0.29) is 20.4 Å². The van der Waals surface area contributed by atoms with Crippen LogP contribution < -0.4 is 5.30 Å². The number of hydrogen-bond donors (Lipinski definition) is 0. The van der Waals surface area contributed by atoms with Crippen LogP contribution in [0.4, 0.5) is 0 Å². The fourth-order valence-corrected chi connectivity index (χ4v) is 1.76. The Bertz CT molecular complexity index is 571. The van der Waals surface area contributed by atoms with Crippen LogP contribution in [-0.2, 0) is 44.2 Å². The summed E-state index contributed by atoms with van der Waals surface area (Å²) in [5.74, 6) is -0.559. The standard InChI is InChI=1S/C9H10NOP.C6H7O4.Pd/c12-8-4-2-1-3-7(8)9-10-5-6-11-9;1-9-5(7)3-4-6(8)10-2;/h1-4H,5-6,12H2;3H,1-2H3;/q;-1;. The van der Waals surface area contributed by atoms with E-state index < -0.39 is 11.9 Å². The van der Waals surface area contributed by atoms with Gasteiger partial charge in [-0.3, -0.25) is 4.79 Å². The van der Waals surface area contributed by atoms with Gasteiger partial charge in [0.15, 0.2) is 5.97 Å². The van der Waals surface area contributed by atoms with Crippen LogP contribution in [0.5, 0.6) is 0 Å². The zero-order chi connectivity index (χ0) is 16.4. The van der Waals surface area contributed by atoms with Crippen molar-refractivity contribution in [2.24, 2.45) is 4.99 Å². The van der Waals surface area contributed by atoms with Crippen molar-refractivity contribution in [2.45, 2.75) is 0 Å². The Morgan fingerprint density at radius 2 is 2.00 bits per heavy atom. The van der Waals surface area contributed by atoms with E-state index in [0.29, 0.717) is 6.61 Å². The van der Waals surface area contributed by atoms with Gasteiger partial charge in [0.1, 0.15) is 6.61 Å². The molecule has 0 spiro atoms. The molecule has 0 N–H and O–H groups in total. The molecule has 0 saturated carbocycles. The van der Waals surface area contributed by atoms with Crippen LogP contribution in [0, 0.1) is 6.08 Å². The number of aliphatic imine (C=N–C) groups is 1. The molecule has 0 aliphatic carbocycles. The molecule has 128 valence electrons. The molecule has 1 aromatic rings. The molecule has 8 heteroatoms. The summed E-state index contributed by atoms with van der Waals surface area (Å²) < 4.78 is 13.7. The molecule has 0 bridgehead atoms. The SMILES string of the molecule is COC(=O)[C-]=CC(=O)OC.Pc1ccccc1C1=NCCO1.[Pd]. The second-order valence-corrected chi connectivity index (χ2v) is 4.55. The quantitative estimate of drug-likeness (QED) is 0.232. The van der Waals surface area contributed by atoms with Gasteiger partial charge in [-0.1, -0.05) is 18.2 Å². The largest absolute Gasteiger partial charge is 0.550 e. The molecule has 1 heterocycles. The molecule has 6 nitrogen and oxygen atoms in total. The second-order valence-electron chi connectivity index (χ2n) is 3.93. The Labute approximate surface area is 151 Å². The van der Waals surface area contributed by atoms with Crippen LogP contribution in [0.1, 0.15) is 5.56 Å². The maximum atomic E-state index is 10.3. The fourth-order valence-electron chi connectivity index (χ4n) is 1.43. The third-order valence-corrected chi connectivity index (χ3v) is 2.97. The van der Waals surface area contributed by atoms with Crippen molar-refractivity contribution >= 4 is 32.4 Å². The minimum Gasteiger partial charge on any atom is -0.550 e.